The van der Waals surface area contributed by atoms with Gasteiger partial charge in [0.1, 0.15) is 0 Å². The molecule has 0 bridgehead atoms. The second-order valence-corrected chi connectivity index (χ2v) is 11.7. The molecule has 0 heterocycles. The Morgan fingerprint density at radius 3 is 2.18 bits per heavy atom. The highest BCUT2D eigenvalue weighted by atomic mass is 127. The fourth-order valence-electron chi connectivity index (χ4n) is 1.08. The van der Waals surface area contributed by atoms with Gasteiger partial charge in [-0.15, -0.1) is 11.8 Å². The van der Waals surface area contributed by atoms with Gasteiger partial charge in [-0.25, -0.2) is 0 Å². The van der Waals surface area contributed by atoms with Crippen LogP contribution in [0.1, 0.15) is 46.5 Å². The molecule has 100 valence electrons. The van der Waals surface area contributed by atoms with E-state index in [9.17, 15) is 0 Å². The summed E-state index contributed by atoms with van der Waals surface area (Å²) in [5, 5.41) is 0.326. The van der Waals surface area contributed by atoms with E-state index in [1.807, 2.05) is 0 Å². The highest BCUT2D eigenvalue weighted by Gasteiger charge is 2.36. The number of rotatable bonds is 6. The molecule has 0 saturated heterocycles. The van der Waals surface area contributed by atoms with Gasteiger partial charge in [-0.1, -0.05) is 43.4 Å². The van der Waals surface area contributed by atoms with Gasteiger partial charge in [0, 0.05) is 23.9 Å². The normalized spacial score (nSPS) is 12.1. The smallest absolute Gasteiger partial charge is 0.191 e. The molecule has 0 spiro atoms. The minimum atomic E-state index is -1.52. The molecular formula is C14H27IOSi. The minimum Gasteiger partial charge on any atom is -0.417 e. The molecule has 0 radical (unpaired) electrons. The summed E-state index contributed by atoms with van der Waals surface area (Å²) in [7, 11) is -1.52. The van der Waals surface area contributed by atoms with Crippen LogP contribution in [0.5, 0.6) is 0 Å². The van der Waals surface area contributed by atoms with E-state index in [4.69, 9.17) is 4.43 Å². The molecule has 0 aliphatic carbocycles. The molecule has 1 nitrogen and oxygen atoms in total. The lowest BCUT2D eigenvalue weighted by Gasteiger charge is -2.36. The van der Waals surface area contributed by atoms with Crippen molar-refractivity contribution in [3.05, 3.63) is 0 Å². The highest BCUT2D eigenvalue weighted by Crippen LogP contribution is 2.36. The van der Waals surface area contributed by atoms with E-state index in [1.54, 1.807) is 0 Å². The maximum Gasteiger partial charge on any atom is 0.191 e. The van der Waals surface area contributed by atoms with Crippen molar-refractivity contribution in [2.75, 3.05) is 11.0 Å². The summed E-state index contributed by atoms with van der Waals surface area (Å²) in [4.78, 5) is 0. The van der Waals surface area contributed by atoms with Crippen molar-refractivity contribution >= 4 is 30.9 Å². The highest BCUT2D eigenvalue weighted by molar-refractivity contribution is 14.1. The first-order valence-corrected chi connectivity index (χ1v) is 10.9. The summed E-state index contributed by atoms with van der Waals surface area (Å²) < 4.78 is 7.25. The summed E-state index contributed by atoms with van der Waals surface area (Å²) in [6, 6.07) is 0. The Labute approximate surface area is 122 Å². The second-order valence-electron chi connectivity index (χ2n) is 5.86. The number of hydrogen-bond acceptors (Lipinski definition) is 1. The quantitative estimate of drug-likeness (QED) is 0.211. The average Bonchev–Trinajstić information content (AvgIpc) is 2.20. The van der Waals surface area contributed by atoms with Crippen LogP contribution in [-0.2, 0) is 4.43 Å². The summed E-state index contributed by atoms with van der Waals surface area (Å²) in [6.45, 7) is 12.4. The van der Waals surface area contributed by atoms with Gasteiger partial charge in [-0.05, 0) is 31.0 Å². The van der Waals surface area contributed by atoms with Gasteiger partial charge in [0.2, 0.25) is 0 Å². The maximum absolute atomic E-state index is 6.11. The van der Waals surface area contributed by atoms with Crippen molar-refractivity contribution in [3.8, 4) is 11.8 Å². The van der Waals surface area contributed by atoms with Crippen LogP contribution in [0.3, 0.4) is 0 Å². The summed E-state index contributed by atoms with van der Waals surface area (Å²) in [5.41, 5.74) is 0. The Morgan fingerprint density at radius 2 is 1.65 bits per heavy atom. The topological polar surface area (TPSA) is 9.23 Å². The summed E-state index contributed by atoms with van der Waals surface area (Å²) in [5.74, 6) is 6.39. The molecule has 0 aromatic heterocycles. The van der Waals surface area contributed by atoms with E-state index in [0.717, 1.165) is 30.3 Å². The molecule has 0 aliphatic heterocycles. The minimum absolute atomic E-state index is 0.326. The lowest BCUT2D eigenvalue weighted by Crippen LogP contribution is -2.40. The molecule has 0 aliphatic rings. The van der Waals surface area contributed by atoms with Crippen LogP contribution < -0.4 is 0 Å². The van der Waals surface area contributed by atoms with Crippen LogP contribution in [0, 0.1) is 11.8 Å². The molecule has 17 heavy (non-hydrogen) atoms. The predicted octanol–water partition coefficient (Wildman–Crippen LogP) is 5.01. The van der Waals surface area contributed by atoms with Crippen molar-refractivity contribution in [2.45, 2.75) is 64.6 Å². The van der Waals surface area contributed by atoms with Gasteiger partial charge in [0.05, 0.1) is 0 Å². The Bertz CT molecular complexity index is 258. The maximum atomic E-state index is 6.11. The third-order valence-corrected chi connectivity index (χ3v) is 8.39. The number of halogens is 1. The van der Waals surface area contributed by atoms with E-state index in [0.29, 0.717) is 5.04 Å². The Balaban J connectivity index is 3.63. The third-order valence-electron chi connectivity index (χ3n) is 3.31. The molecule has 0 amide bonds. The van der Waals surface area contributed by atoms with Crippen molar-refractivity contribution < 1.29 is 4.43 Å². The number of hydrogen-bond donors (Lipinski definition) is 0. The molecule has 0 atom stereocenters. The first kappa shape index (κ1) is 17.5. The lowest BCUT2D eigenvalue weighted by molar-refractivity contribution is 0.280. The molecule has 0 rings (SSSR count). The number of alkyl halides is 1. The zero-order valence-corrected chi connectivity index (χ0v) is 15.2. The second kappa shape index (κ2) is 8.55. The molecule has 0 saturated carbocycles. The van der Waals surface area contributed by atoms with Gasteiger partial charge in [-0.2, -0.15) is 0 Å². The van der Waals surface area contributed by atoms with Crippen molar-refractivity contribution in [2.24, 2.45) is 0 Å². The van der Waals surface area contributed by atoms with Crippen LogP contribution in [0.15, 0.2) is 0 Å². The molecular weight excluding hydrogens is 339 g/mol. The predicted molar refractivity (Wildman–Crippen MR) is 88.3 cm³/mol. The van der Waals surface area contributed by atoms with Gasteiger partial charge in [0.25, 0.3) is 0 Å². The Hall–Kier alpha value is 0.467. The lowest BCUT2D eigenvalue weighted by atomic mass is 10.2. The molecule has 0 N–H and O–H groups in total. The zero-order valence-electron chi connectivity index (χ0n) is 12.0. The summed E-state index contributed by atoms with van der Waals surface area (Å²) >= 11 is 2.36. The van der Waals surface area contributed by atoms with E-state index < -0.39 is 8.32 Å². The van der Waals surface area contributed by atoms with Crippen LogP contribution in [0.25, 0.3) is 0 Å². The van der Waals surface area contributed by atoms with E-state index in [-0.39, 0.29) is 0 Å². The first-order valence-electron chi connectivity index (χ1n) is 6.47. The van der Waals surface area contributed by atoms with Crippen LogP contribution >= 0.6 is 22.6 Å². The van der Waals surface area contributed by atoms with Crippen LogP contribution in [-0.4, -0.2) is 19.4 Å². The SMILES string of the molecule is CC(C)(C)[Si](C)(C)OCCCCC#CCCI. The van der Waals surface area contributed by atoms with Crippen LogP contribution in [0.4, 0.5) is 0 Å². The standard InChI is InChI=1S/C14H27IOSi/c1-14(2,3)17(4,5)16-13-11-9-7-6-8-10-12-15/h7,9-13H2,1-5H3. The first-order chi connectivity index (χ1) is 7.81. The van der Waals surface area contributed by atoms with Gasteiger partial charge < -0.3 is 4.43 Å². The van der Waals surface area contributed by atoms with Gasteiger partial charge >= 0.3 is 0 Å². The summed E-state index contributed by atoms with van der Waals surface area (Å²) in [6.07, 6.45) is 4.37. The van der Waals surface area contributed by atoms with Crippen molar-refractivity contribution in [1.29, 1.82) is 0 Å². The van der Waals surface area contributed by atoms with Crippen LogP contribution in [0.2, 0.25) is 18.1 Å². The van der Waals surface area contributed by atoms with Crippen molar-refractivity contribution in [3.63, 3.8) is 0 Å². The van der Waals surface area contributed by atoms with E-state index in [1.165, 1.54) is 6.42 Å². The fraction of sp³-hybridized carbons (Fsp3) is 0.857. The van der Waals surface area contributed by atoms with Gasteiger partial charge in [0.15, 0.2) is 8.32 Å². The van der Waals surface area contributed by atoms with Crippen molar-refractivity contribution in [1.82, 2.24) is 0 Å². The molecule has 0 fully saturated rings. The van der Waals surface area contributed by atoms with E-state index >= 15 is 0 Å². The van der Waals surface area contributed by atoms with Gasteiger partial charge in [-0.3, -0.25) is 0 Å². The average molecular weight is 366 g/mol. The molecule has 0 aromatic carbocycles. The largest absolute Gasteiger partial charge is 0.417 e. The number of unbranched alkanes of at least 4 members (excludes halogenated alkanes) is 2. The molecule has 0 aromatic rings. The Kier molecular flexibility index (Phi) is 8.78. The third kappa shape index (κ3) is 8.23. The van der Waals surface area contributed by atoms with E-state index in [2.05, 4.69) is 68.3 Å². The fourth-order valence-corrected chi connectivity index (χ4v) is 2.44. The molecule has 0 unspecified atom stereocenters. The Morgan fingerprint density at radius 1 is 1.06 bits per heavy atom. The zero-order chi connectivity index (χ0) is 13.4. The molecule has 3 heteroatoms. The monoisotopic (exact) mass is 366 g/mol.